The van der Waals surface area contributed by atoms with Gasteiger partial charge >= 0.3 is 6.18 Å². The van der Waals surface area contributed by atoms with Crippen molar-refractivity contribution in [1.82, 2.24) is 15.1 Å². The highest BCUT2D eigenvalue weighted by atomic mass is 19.4. The first kappa shape index (κ1) is 21.4. The van der Waals surface area contributed by atoms with Crippen LogP contribution >= 0.6 is 0 Å². The third-order valence-corrected chi connectivity index (χ3v) is 6.14. The van der Waals surface area contributed by atoms with E-state index in [2.05, 4.69) is 29.3 Å². The van der Waals surface area contributed by atoms with Gasteiger partial charge in [0.05, 0.1) is 18.2 Å². The van der Waals surface area contributed by atoms with Gasteiger partial charge in [-0.05, 0) is 36.2 Å². The molecule has 2 aromatic rings. The van der Waals surface area contributed by atoms with Crippen molar-refractivity contribution in [2.75, 3.05) is 26.2 Å². The number of hydrogen-bond donors (Lipinski definition) is 1. The van der Waals surface area contributed by atoms with E-state index in [4.69, 9.17) is 0 Å². The van der Waals surface area contributed by atoms with Gasteiger partial charge in [-0.15, -0.1) is 0 Å². The monoisotopic (exact) mass is 431 g/mol. The van der Waals surface area contributed by atoms with E-state index in [1.165, 1.54) is 23.3 Å². The van der Waals surface area contributed by atoms with Crippen LogP contribution in [0.1, 0.15) is 27.0 Å². The molecule has 2 heterocycles. The zero-order valence-corrected chi connectivity index (χ0v) is 17.2. The van der Waals surface area contributed by atoms with Gasteiger partial charge in [0.2, 0.25) is 5.91 Å². The van der Waals surface area contributed by atoms with Gasteiger partial charge in [0.25, 0.3) is 5.91 Å². The van der Waals surface area contributed by atoms with Gasteiger partial charge in [-0.3, -0.25) is 14.5 Å². The van der Waals surface area contributed by atoms with Crippen LogP contribution < -0.4 is 5.32 Å². The molecule has 0 bridgehead atoms. The number of alkyl halides is 3. The standard InChI is InChI=1S/C23H24F3N3O2/c1-15-5-2-3-6-17(15)11-28-12-18-13-29(20(18)14-28)21(30)10-27-22(31)16-7-4-8-19(9-16)23(24,25)26/h2-9,18,20H,10-14H2,1H3,(H,27,31)/t18-,20-/m0/s1. The first-order chi connectivity index (χ1) is 14.7. The molecule has 2 aliphatic rings. The maximum atomic E-state index is 12.8. The largest absolute Gasteiger partial charge is 0.416 e. The highest BCUT2D eigenvalue weighted by molar-refractivity contribution is 5.96. The molecule has 0 saturated carbocycles. The molecule has 4 rings (SSSR count). The molecular formula is C23H24F3N3O2. The van der Waals surface area contributed by atoms with E-state index in [1.54, 1.807) is 4.90 Å². The lowest BCUT2D eigenvalue weighted by atomic mass is 9.92. The summed E-state index contributed by atoms with van der Waals surface area (Å²) in [6.07, 6.45) is -4.52. The molecule has 8 heteroatoms. The smallest absolute Gasteiger partial charge is 0.343 e. The molecule has 2 amide bonds. The molecule has 0 spiro atoms. The van der Waals surface area contributed by atoms with E-state index in [1.807, 2.05) is 12.1 Å². The summed E-state index contributed by atoms with van der Waals surface area (Å²) in [7, 11) is 0. The molecule has 2 atom stereocenters. The molecule has 0 aliphatic carbocycles. The fourth-order valence-corrected chi connectivity index (χ4v) is 4.36. The van der Waals surface area contributed by atoms with Crippen LogP contribution in [-0.2, 0) is 17.5 Å². The van der Waals surface area contributed by atoms with Crippen LogP contribution in [0, 0.1) is 12.8 Å². The van der Waals surface area contributed by atoms with Gasteiger partial charge in [-0.1, -0.05) is 30.3 Å². The number of likely N-dealkylation sites (tertiary alicyclic amines) is 2. The summed E-state index contributed by atoms with van der Waals surface area (Å²) in [4.78, 5) is 28.9. The van der Waals surface area contributed by atoms with Crippen LogP contribution in [0.2, 0.25) is 0 Å². The number of fused-ring (bicyclic) bond motifs is 1. The summed E-state index contributed by atoms with van der Waals surface area (Å²) in [5, 5.41) is 2.45. The Bertz CT molecular complexity index is 992. The van der Waals surface area contributed by atoms with E-state index >= 15 is 0 Å². The molecule has 0 aromatic heterocycles. The third-order valence-electron chi connectivity index (χ3n) is 6.14. The van der Waals surface area contributed by atoms with Gasteiger partial charge in [-0.2, -0.15) is 13.2 Å². The topological polar surface area (TPSA) is 52.6 Å². The Kier molecular flexibility index (Phi) is 5.75. The van der Waals surface area contributed by atoms with Crippen molar-refractivity contribution in [2.45, 2.75) is 25.7 Å². The minimum Gasteiger partial charge on any atom is -0.343 e. The molecule has 2 fully saturated rings. The van der Waals surface area contributed by atoms with E-state index in [9.17, 15) is 22.8 Å². The van der Waals surface area contributed by atoms with Gasteiger partial charge in [-0.25, -0.2) is 0 Å². The fourth-order valence-electron chi connectivity index (χ4n) is 4.36. The third kappa shape index (κ3) is 4.58. The first-order valence-electron chi connectivity index (χ1n) is 10.2. The number of halogens is 3. The van der Waals surface area contributed by atoms with E-state index in [0.717, 1.165) is 31.8 Å². The van der Waals surface area contributed by atoms with Gasteiger partial charge < -0.3 is 10.2 Å². The number of amides is 2. The second-order valence-electron chi connectivity index (χ2n) is 8.26. The normalized spacial score (nSPS) is 20.8. The van der Waals surface area contributed by atoms with Crippen molar-refractivity contribution in [1.29, 1.82) is 0 Å². The predicted molar refractivity (Wildman–Crippen MR) is 109 cm³/mol. The number of carbonyl (C=O) groups is 2. The molecule has 2 aliphatic heterocycles. The zero-order chi connectivity index (χ0) is 22.2. The number of nitrogens with one attached hydrogen (secondary N) is 1. The lowest BCUT2D eigenvalue weighted by molar-refractivity contribution is -0.140. The molecule has 2 saturated heterocycles. The summed E-state index contributed by atoms with van der Waals surface area (Å²) in [6.45, 7) is 5.06. The number of hydrogen-bond acceptors (Lipinski definition) is 3. The van der Waals surface area contributed by atoms with Crippen LogP contribution in [0.25, 0.3) is 0 Å². The number of carbonyl (C=O) groups excluding carboxylic acids is 2. The first-order valence-corrected chi connectivity index (χ1v) is 10.2. The molecular weight excluding hydrogens is 407 g/mol. The van der Waals surface area contributed by atoms with Crippen LogP contribution in [-0.4, -0.2) is 53.8 Å². The van der Waals surface area contributed by atoms with E-state index in [-0.39, 0.29) is 24.1 Å². The van der Waals surface area contributed by atoms with Gasteiger partial charge in [0, 0.05) is 37.7 Å². The van der Waals surface area contributed by atoms with Crippen molar-refractivity contribution < 1.29 is 22.8 Å². The van der Waals surface area contributed by atoms with Crippen LogP contribution in [0.3, 0.4) is 0 Å². The average molecular weight is 431 g/mol. The molecule has 164 valence electrons. The zero-order valence-electron chi connectivity index (χ0n) is 17.2. The van der Waals surface area contributed by atoms with Crippen LogP contribution in [0.5, 0.6) is 0 Å². The Balaban J connectivity index is 1.29. The lowest BCUT2D eigenvalue weighted by Crippen LogP contribution is -2.60. The van der Waals surface area contributed by atoms with Gasteiger partial charge in [0.15, 0.2) is 0 Å². The number of nitrogens with zero attached hydrogens (tertiary/aromatic N) is 2. The summed E-state index contributed by atoms with van der Waals surface area (Å²) < 4.78 is 38.5. The van der Waals surface area contributed by atoms with Crippen molar-refractivity contribution >= 4 is 11.8 Å². The fraction of sp³-hybridized carbons (Fsp3) is 0.391. The van der Waals surface area contributed by atoms with Crippen molar-refractivity contribution in [3.05, 3.63) is 70.8 Å². The van der Waals surface area contributed by atoms with Crippen molar-refractivity contribution in [2.24, 2.45) is 5.92 Å². The molecule has 31 heavy (non-hydrogen) atoms. The Morgan fingerprint density at radius 1 is 1.06 bits per heavy atom. The molecule has 0 unspecified atom stereocenters. The second kappa shape index (κ2) is 8.34. The molecule has 0 radical (unpaired) electrons. The van der Waals surface area contributed by atoms with E-state index in [0.29, 0.717) is 12.5 Å². The Morgan fingerprint density at radius 3 is 2.58 bits per heavy atom. The summed E-state index contributed by atoms with van der Waals surface area (Å²) in [6, 6.07) is 12.5. The van der Waals surface area contributed by atoms with Crippen LogP contribution in [0.4, 0.5) is 13.2 Å². The minimum atomic E-state index is -4.52. The SMILES string of the molecule is Cc1ccccc1CN1C[C@H]2CN(C(=O)CNC(=O)c3cccc(C(F)(F)F)c3)[C@H]2C1. The van der Waals surface area contributed by atoms with Crippen molar-refractivity contribution in [3.8, 4) is 0 Å². The van der Waals surface area contributed by atoms with Gasteiger partial charge in [0.1, 0.15) is 0 Å². The summed E-state index contributed by atoms with van der Waals surface area (Å²) in [5.74, 6) is -0.476. The summed E-state index contributed by atoms with van der Waals surface area (Å²) in [5.41, 5.74) is 1.51. The number of benzene rings is 2. The lowest BCUT2D eigenvalue weighted by Gasteiger charge is -2.43. The maximum absolute atomic E-state index is 12.8. The Hall–Kier alpha value is -2.87. The number of rotatable bonds is 5. The molecule has 1 N–H and O–H groups in total. The number of aryl methyl sites for hydroxylation is 1. The quantitative estimate of drug-likeness (QED) is 0.792. The average Bonchev–Trinajstić information content (AvgIpc) is 3.03. The summed E-state index contributed by atoms with van der Waals surface area (Å²) >= 11 is 0. The second-order valence-corrected chi connectivity index (χ2v) is 8.26. The maximum Gasteiger partial charge on any atom is 0.416 e. The van der Waals surface area contributed by atoms with E-state index < -0.39 is 17.6 Å². The Morgan fingerprint density at radius 2 is 1.84 bits per heavy atom. The minimum absolute atomic E-state index is 0.116. The molecule has 2 aromatic carbocycles. The molecule has 5 nitrogen and oxygen atoms in total. The Labute approximate surface area is 178 Å². The van der Waals surface area contributed by atoms with Crippen LogP contribution in [0.15, 0.2) is 48.5 Å². The van der Waals surface area contributed by atoms with Crippen molar-refractivity contribution in [3.63, 3.8) is 0 Å². The highest BCUT2D eigenvalue weighted by Crippen LogP contribution is 2.33. The highest BCUT2D eigenvalue weighted by Gasteiger charge is 2.47. The predicted octanol–water partition coefficient (Wildman–Crippen LogP) is 3.09.